The van der Waals surface area contributed by atoms with Gasteiger partial charge in [-0.05, 0) is 12.8 Å². The molecule has 0 aromatic rings. The number of carbonyl (C=O) groups is 3. The van der Waals surface area contributed by atoms with Crippen LogP contribution in [0, 0.1) is 0 Å². The number of guanidine groups is 1. The van der Waals surface area contributed by atoms with E-state index in [4.69, 9.17) is 11.5 Å². The maximum atomic E-state index is 11.6. The van der Waals surface area contributed by atoms with Gasteiger partial charge >= 0.3 is 0 Å². The van der Waals surface area contributed by atoms with E-state index in [0.29, 0.717) is 25.7 Å². The van der Waals surface area contributed by atoms with E-state index in [2.05, 4.69) is 15.6 Å². The summed E-state index contributed by atoms with van der Waals surface area (Å²) in [4.78, 5) is 36.5. The monoisotopic (exact) mass is 257 g/mol. The Morgan fingerprint density at radius 2 is 2.06 bits per heavy atom. The number of carbonyl (C=O) groups excluding carboxylic acids is 3. The van der Waals surface area contributed by atoms with E-state index in [9.17, 15) is 14.4 Å². The van der Waals surface area contributed by atoms with Gasteiger partial charge in [0, 0.05) is 13.5 Å². The lowest BCUT2D eigenvalue weighted by Crippen LogP contribution is -2.46. The number of aliphatic imine (C=N–C) groups is 1. The lowest BCUT2D eigenvalue weighted by atomic mass is 10.1. The first-order valence-corrected chi connectivity index (χ1v) is 5.51. The van der Waals surface area contributed by atoms with Gasteiger partial charge in [-0.1, -0.05) is 0 Å². The fourth-order valence-corrected chi connectivity index (χ4v) is 1.28. The predicted molar refractivity (Wildman–Crippen MR) is 66.6 cm³/mol. The zero-order valence-electron chi connectivity index (χ0n) is 10.3. The quantitative estimate of drug-likeness (QED) is 0.170. The van der Waals surface area contributed by atoms with Crippen LogP contribution in [0.5, 0.6) is 0 Å². The third-order valence-corrected chi connectivity index (χ3v) is 2.00. The molecule has 0 radical (unpaired) electrons. The molecule has 6 N–H and O–H groups in total. The standard InChI is InChI=1S/C10H19N5O3/c1-7(17)15-8(9(18)13-5-6-16)3-2-4-14-10(11)12/h6,8H,2-5H2,1H3,(H,13,18)(H,15,17)(H4,11,12,14)/t8-/m1/s1. The van der Waals surface area contributed by atoms with E-state index in [1.54, 1.807) is 0 Å². The summed E-state index contributed by atoms with van der Waals surface area (Å²) in [6, 6.07) is -0.684. The van der Waals surface area contributed by atoms with Gasteiger partial charge in [-0.3, -0.25) is 14.6 Å². The maximum absolute atomic E-state index is 11.6. The number of aldehydes is 1. The molecule has 2 amide bonds. The molecule has 8 heteroatoms. The minimum atomic E-state index is -0.684. The van der Waals surface area contributed by atoms with Gasteiger partial charge in [0.1, 0.15) is 12.3 Å². The normalized spacial score (nSPS) is 11.2. The second-order valence-electron chi connectivity index (χ2n) is 3.61. The molecule has 0 saturated carbocycles. The summed E-state index contributed by atoms with van der Waals surface area (Å²) in [6.07, 6.45) is 1.50. The summed E-state index contributed by atoms with van der Waals surface area (Å²) in [5.74, 6) is -0.735. The van der Waals surface area contributed by atoms with Crippen LogP contribution in [-0.2, 0) is 14.4 Å². The Balaban J connectivity index is 4.21. The number of nitrogens with two attached hydrogens (primary N) is 2. The third kappa shape index (κ3) is 8.08. The highest BCUT2D eigenvalue weighted by atomic mass is 16.2. The summed E-state index contributed by atoms with van der Waals surface area (Å²) in [6.45, 7) is 1.61. The minimum Gasteiger partial charge on any atom is -0.370 e. The lowest BCUT2D eigenvalue weighted by molar-refractivity contribution is -0.128. The van der Waals surface area contributed by atoms with E-state index < -0.39 is 11.9 Å². The topological polar surface area (TPSA) is 140 Å². The number of rotatable bonds is 8. The molecule has 8 nitrogen and oxygen atoms in total. The smallest absolute Gasteiger partial charge is 0.242 e. The van der Waals surface area contributed by atoms with Gasteiger partial charge in [0.2, 0.25) is 11.8 Å². The highest BCUT2D eigenvalue weighted by molar-refractivity contribution is 5.87. The molecular weight excluding hydrogens is 238 g/mol. The number of hydrogen-bond donors (Lipinski definition) is 4. The number of nitrogens with zero attached hydrogens (tertiary/aromatic N) is 1. The summed E-state index contributed by atoms with van der Waals surface area (Å²) >= 11 is 0. The number of hydrogen-bond acceptors (Lipinski definition) is 4. The zero-order valence-corrected chi connectivity index (χ0v) is 10.3. The molecule has 0 aliphatic rings. The zero-order chi connectivity index (χ0) is 14.0. The van der Waals surface area contributed by atoms with Gasteiger partial charge in [-0.25, -0.2) is 0 Å². The molecule has 0 unspecified atom stereocenters. The Kier molecular flexibility index (Phi) is 7.91. The van der Waals surface area contributed by atoms with Crippen LogP contribution in [0.25, 0.3) is 0 Å². The first-order chi connectivity index (χ1) is 8.47. The van der Waals surface area contributed by atoms with Crippen LogP contribution in [0.2, 0.25) is 0 Å². The van der Waals surface area contributed by atoms with Crippen molar-refractivity contribution in [1.29, 1.82) is 0 Å². The van der Waals surface area contributed by atoms with Crippen molar-refractivity contribution < 1.29 is 14.4 Å². The van der Waals surface area contributed by atoms with Gasteiger partial charge in [0.25, 0.3) is 0 Å². The molecule has 0 aromatic carbocycles. The van der Waals surface area contributed by atoms with E-state index in [-0.39, 0.29) is 18.4 Å². The Bertz CT molecular complexity index is 325. The van der Waals surface area contributed by atoms with Crippen molar-refractivity contribution in [3.8, 4) is 0 Å². The van der Waals surface area contributed by atoms with Gasteiger partial charge in [-0.15, -0.1) is 0 Å². The molecule has 1 atom stereocenters. The summed E-state index contributed by atoms with van der Waals surface area (Å²) < 4.78 is 0. The maximum Gasteiger partial charge on any atom is 0.242 e. The molecule has 0 spiro atoms. The average molecular weight is 257 g/mol. The van der Waals surface area contributed by atoms with E-state index in [1.807, 2.05) is 0 Å². The Hall–Kier alpha value is -2.12. The van der Waals surface area contributed by atoms with Gasteiger partial charge in [0.15, 0.2) is 5.96 Å². The van der Waals surface area contributed by atoms with E-state index in [0.717, 1.165) is 0 Å². The van der Waals surface area contributed by atoms with Gasteiger partial charge in [0.05, 0.1) is 6.54 Å². The van der Waals surface area contributed by atoms with Crippen LogP contribution in [0.4, 0.5) is 0 Å². The second-order valence-corrected chi connectivity index (χ2v) is 3.61. The molecular formula is C10H19N5O3. The molecule has 0 heterocycles. The predicted octanol–water partition coefficient (Wildman–Crippen LogP) is -2.14. The first-order valence-electron chi connectivity index (χ1n) is 5.51. The van der Waals surface area contributed by atoms with Crippen molar-refractivity contribution in [3.63, 3.8) is 0 Å². The lowest BCUT2D eigenvalue weighted by Gasteiger charge is -2.16. The second kappa shape index (κ2) is 8.97. The molecule has 0 bridgehead atoms. The highest BCUT2D eigenvalue weighted by Gasteiger charge is 2.18. The van der Waals surface area contributed by atoms with Gasteiger partial charge < -0.3 is 26.9 Å². The van der Waals surface area contributed by atoms with Crippen molar-refractivity contribution >= 4 is 24.1 Å². The molecule has 0 fully saturated rings. The van der Waals surface area contributed by atoms with Crippen LogP contribution in [0.3, 0.4) is 0 Å². The molecule has 18 heavy (non-hydrogen) atoms. The van der Waals surface area contributed by atoms with Crippen LogP contribution < -0.4 is 22.1 Å². The molecule has 102 valence electrons. The summed E-state index contributed by atoms with van der Waals surface area (Å²) in [5, 5.41) is 4.88. The van der Waals surface area contributed by atoms with Crippen molar-refractivity contribution in [2.75, 3.05) is 13.1 Å². The van der Waals surface area contributed by atoms with E-state index >= 15 is 0 Å². The molecule has 0 aliphatic carbocycles. The third-order valence-electron chi connectivity index (χ3n) is 2.00. The Morgan fingerprint density at radius 3 is 2.56 bits per heavy atom. The molecule has 0 saturated heterocycles. The SMILES string of the molecule is CC(=O)N[C@H](CCCN=C(N)N)C(=O)NCC=O. The highest BCUT2D eigenvalue weighted by Crippen LogP contribution is 1.98. The fourth-order valence-electron chi connectivity index (χ4n) is 1.28. The summed E-state index contributed by atoms with van der Waals surface area (Å²) in [7, 11) is 0. The van der Waals surface area contributed by atoms with Crippen molar-refractivity contribution in [2.24, 2.45) is 16.5 Å². The number of nitrogens with one attached hydrogen (secondary N) is 2. The molecule has 0 aromatic heterocycles. The van der Waals surface area contributed by atoms with E-state index in [1.165, 1.54) is 6.92 Å². The average Bonchev–Trinajstić information content (AvgIpc) is 2.29. The molecule has 0 aliphatic heterocycles. The number of amides is 2. The minimum absolute atomic E-state index is 0.0171. The van der Waals surface area contributed by atoms with Crippen LogP contribution >= 0.6 is 0 Å². The molecule has 0 rings (SSSR count). The largest absolute Gasteiger partial charge is 0.370 e. The Labute approximate surface area is 105 Å². The first kappa shape index (κ1) is 15.9. The van der Waals surface area contributed by atoms with Crippen LogP contribution in [0.1, 0.15) is 19.8 Å². The fraction of sp³-hybridized carbons (Fsp3) is 0.600. The van der Waals surface area contributed by atoms with Crippen molar-refractivity contribution in [1.82, 2.24) is 10.6 Å². The van der Waals surface area contributed by atoms with Crippen LogP contribution in [-0.4, -0.2) is 43.2 Å². The van der Waals surface area contributed by atoms with Gasteiger partial charge in [-0.2, -0.15) is 0 Å². The van der Waals surface area contributed by atoms with Crippen molar-refractivity contribution in [2.45, 2.75) is 25.8 Å². The Morgan fingerprint density at radius 1 is 1.39 bits per heavy atom. The van der Waals surface area contributed by atoms with Crippen LogP contribution in [0.15, 0.2) is 4.99 Å². The summed E-state index contributed by atoms with van der Waals surface area (Å²) in [5.41, 5.74) is 10.3. The van der Waals surface area contributed by atoms with Crippen molar-refractivity contribution in [3.05, 3.63) is 0 Å².